The maximum absolute atomic E-state index is 12.6. The number of aliphatic hydroxyl groups is 4. The zero-order valence-electron chi connectivity index (χ0n) is 25.3. The van der Waals surface area contributed by atoms with E-state index >= 15 is 0 Å². The van der Waals surface area contributed by atoms with Crippen LogP contribution < -0.4 is 38.9 Å². The Kier molecular flexibility index (Phi) is 13.9. The van der Waals surface area contributed by atoms with Gasteiger partial charge in [-0.05, 0) is 45.9 Å². The first-order chi connectivity index (χ1) is 20.8. The van der Waals surface area contributed by atoms with Gasteiger partial charge in [0.25, 0.3) is 0 Å². The summed E-state index contributed by atoms with van der Waals surface area (Å²) in [6, 6.07) is -4.16. The topological polar surface area (TPSA) is 299 Å². The van der Waals surface area contributed by atoms with Crippen LogP contribution in [0.25, 0.3) is 0 Å². The molecule has 3 aliphatic rings. The van der Waals surface area contributed by atoms with Crippen molar-refractivity contribution in [2.45, 2.75) is 99.1 Å². The smallest absolute Gasteiger partial charge is 0.341 e. The molecule has 1 saturated carbocycles. The SMILES string of the molecule is CN[C@@H]1[C@@H](O)[C@@H](O[C@H]2[C@H](NC(=O)N(O)CCN)C[C@H](N)C(O[C@H]3OC(CNCC(O)CCN)=CC[C@H]3N)[C@@H]2O)OC[C@]1(C)O. The fraction of sp³-hybridized carbons (Fsp3) is 0.885. The van der Waals surface area contributed by atoms with Gasteiger partial charge < -0.3 is 78.3 Å². The number of hydrogen-bond acceptors (Lipinski definition) is 16. The Bertz CT molecular complexity index is 935. The van der Waals surface area contributed by atoms with Gasteiger partial charge in [-0.15, -0.1) is 0 Å². The number of likely N-dealkylation sites (N-methyl/N-ethyl adjacent to an activating group) is 1. The zero-order valence-corrected chi connectivity index (χ0v) is 25.3. The Morgan fingerprint density at radius 1 is 1.16 bits per heavy atom. The van der Waals surface area contributed by atoms with E-state index in [4.69, 9.17) is 41.9 Å². The molecule has 2 aliphatic heterocycles. The number of carbonyl (C=O) groups is 1. The van der Waals surface area contributed by atoms with Crippen LogP contribution in [0.1, 0.15) is 26.2 Å². The van der Waals surface area contributed by atoms with Crippen LogP contribution in [0, 0.1) is 0 Å². The lowest BCUT2D eigenvalue weighted by Gasteiger charge is -2.48. The highest BCUT2D eigenvalue weighted by Gasteiger charge is 2.52. The molecule has 1 aliphatic carbocycles. The van der Waals surface area contributed by atoms with E-state index in [1.165, 1.54) is 6.92 Å². The Morgan fingerprint density at radius 3 is 2.52 bits per heavy atom. The molecule has 2 heterocycles. The highest BCUT2D eigenvalue weighted by molar-refractivity contribution is 5.73. The van der Waals surface area contributed by atoms with E-state index in [0.717, 1.165) is 0 Å². The molecule has 12 atom stereocenters. The van der Waals surface area contributed by atoms with Gasteiger partial charge in [-0.25, -0.2) is 9.86 Å². The summed E-state index contributed by atoms with van der Waals surface area (Å²) in [6.45, 7) is 2.11. The molecule has 2 fully saturated rings. The van der Waals surface area contributed by atoms with Gasteiger partial charge in [-0.3, -0.25) is 5.21 Å². The molecule has 0 radical (unpaired) electrons. The molecule has 44 heavy (non-hydrogen) atoms. The standard InChI is InChI=1S/C26H52N8O10/c1-26(39)12-41-24(19(37)22(26)31-2)44-21-17(33-25(38)34(40)8-7-28)9-16(30)20(18(21)36)43-23-15(29)4-3-14(42-23)11-32-10-13(35)5-6-27/h3,13,15-24,31-32,35-37,39-40H,4-12,27-30H2,1-2H3,(H,33,38)/t13?,15-,16+,17-,18+,19-,20?,21+,22-,23-,24-,26+/m1/s1. The first-order valence-electron chi connectivity index (χ1n) is 14.9. The maximum Gasteiger partial charge on any atom is 0.341 e. The molecule has 256 valence electrons. The number of hydrogen-bond donors (Lipinski definition) is 12. The summed E-state index contributed by atoms with van der Waals surface area (Å²) in [4.78, 5) is 12.6. The Balaban J connectivity index is 1.75. The quantitative estimate of drug-likeness (QED) is 0.0627. The van der Waals surface area contributed by atoms with Crippen molar-refractivity contribution in [3.63, 3.8) is 0 Å². The maximum atomic E-state index is 12.6. The summed E-state index contributed by atoms with van der Waals surface area (Å²) in [5.41, 5.74) is 22.2. The van der Waals surface area contributed by atoms with E-state index in [1.54, 1.807) is 13.1 Å². The summed E-state index contributed by atoms with van der Waals surface area (Å²) < 4.78 is 23.8. The van der Waals surface area contributed by atoms with E-state index in [0.29, 0.717) is 43.3 Å². The predicted octanol–water partition coefficient (Wildman–Crippen LogP) is -5.11. The number of urea groups is 1. The summed E-state index contributed by atoms with van der Waals surface area (Å²) in [5, 5.41) is 62.0. The third kappa shape index (κ3) is 9.39. The molecular formula is C26H52N8O10. The van der Waals surface area contributed by atoms with Gasteiger partial charge in [0.15, 0.2) is 6.29 Å². The zero-order chi connectivity index (χ0) is 32.6. The molecule has 0 aromatic rings. The van der Waals surface area contributed by atoms with Crippen molar-refractivity contribution >= 4 is 6.03 Å². The average Bonchev–Trinajstić information content (AvgIpc) is 2.96. The predicted molar refractivity (Wildman–Crippen MR) is 156 cm³/mol. The van der Waals surface area contributed by atoms with Gasteiger partial charge in [0, 0.05) is 19.1 Å². The number of hydroxylamine groups is 2. The number of ether oxygens (including phenoxy) is 4. The van der Waals surface area contributed by atoms with Crippen LogP contribution in [-0.2, 0) is 18.9 Å². The highest BCUT2D eigenvalue weighted by atomic mass is 16.7. The Hall–Kier alpha value is -1.75. The second-order valence-electron chi connectivity index (χ2n) is 11.8. The van der Waals surface area contributed by atoms with Gasteiger partial charge in [-0.2, -0.15) is 0 Å². The van der Waals surface area contributed by atoms with Crippen molar-refractivity contribution in [3.8, 4) is 0 Å². The van der Waals surface area contributed by atoms with Crippen molar-refractivity contribution in [3.05, 3.63) is 11.8 Å². The van der Waals surface area contributed by atoms with E-state index < -0.39 is 78.9 Å². The van der Waals surface area contributed by atoms with Crippen LogP contribution in [0.2, 0.25) is 0 Å². The van der Waals surface area contributed by atoms with Crippen LogP contribution in [0.4, 0.5) is 4.79 Å². The van der Waals surface area contributed by atoms with Gasteiger partial charge in [0.1, 0.15) is 35.8 Å². The van der Waals surface area contributed by atoms with Crippen LogP contribution in [0.3, 0.4) is 0 Å². The number of nitrogens with zero attached hydrogens (tertiary/aromatic N) is 1. The molecule has 3 rings (SSSR count). The van der Waals surface area contributed by atoms with Crippen LogP contribution >= 0.6 is 0 Å². The molecule has 0 aromatic heterocycles. The first kappa shape index (κ1) is 36.7. The lowest BCUT2D eigenvalue weighted by Crippen LogP contribution is -2.69. The number of nitrogens with one attached hydrogen (secondary N) is 3. The van der Waals surface area contributed by atoms with Crippen molar-refractivity contribution in [2.75, 3.05) is 46.4 Å². The van der Waals surface area contributed by atoms with Crippen LogP contribution in [0.15, 0.2) is 11.8 Å². The van der Waals surface area contributed by atoms with Crippen LogP contribution in [-0.4, -0.2) is 156 Å². The summed E-state index contributed by atoms with van der Waals surface area (Å²) in [7, 11) is 1.56. The number of rotatable bonds is 14. The molecule has 18 nitrogen and oxygen atoms in total. The summed E-state index contributed by atoms with van der Waals surface area (Å²) >= 11 is 0. The van der Waals surface area contributed by atoms with Gasteiger partial charge >= 0.3 is 6.03 Å². The van der Waals surface area contributed by atoms with E-state index in [-0.39, 0.29) is 26.1 Å². The normalized spacial score (nSPS) is 38.4. The first-order valence-corrected chi connectivity index (χ1v) is 14.9. The molecule has 2 amide bonds. The van der Waals surface area contributed by atoms with E-state index in [1.807, 2.05) is 0 Å². The number of amides is 2. The number of carbonyl (C=O) groups excluding carboxylic acids is 1. The van der Waals surface area contributed by atoms with Gasteiger partial charge in [0.05, 0.1) is 43.9 Å². The molecule has 0 spiro atoms. The minimum atomic E-state index is -1.49. The number of nitrogens with two attached hydrogens (primary N) is 4. The lowest BCUT2D eigenvalue weighted by atomic mass is 9.83. The average molecular weight is 637 g/mol. The summed E-state index contributed by atoms with van der Waals surface area (Å²) in [5.74, 6) is 0.528. The highest BCUT2D eigenvalue weighted by Crippen LogP contribution is 2.32. The Labute approximate surface area is 256 Å². The molecule has 18 heteroatoms. The summed E-state index contributed by atoms with van der Waals surface area (Å²) in [6.07, 6.45) is -5.45. The third-order valence-corrected chi connectivity index (χ3v) is 8.04. The van der Waals surface area contributed by atoms with Crippen molar-refractivity contribution in [2.24, 2.45) is 22.9 Å². The molecule has 1 saturated heterocycles. The fourth-order valence-electron chi connectivity index (χ4n) is 5.63. The second-order valence-corrected chi connectivity index (χ2v) is 11.8. The third-order valence-electron chi connectivity index (χ3n) is 8.04. The van der Waals surface area contributed by atoms with Gasteiger partial charge in [0.2, 0.25) is 6.29 Å². The second kappa shape index (κ2) is 16.7. The molecular weight excluding hydrogens is 584 g/mol. The van der Waals surface area contributed by atoms with Crippen molar-refractivity contribution < 1.29 is 49.4 Å². The van der Waals surface area contributed by atoms with Crippen molar-refractivity contribution in [1.29, 1.82) is 0 Å². The molecule has 16 N–H and O–H groups in total. The van der Waals surface area contributed by atoms with E-state index in [2.05, 4.69) is 16.0 Å². The monoisotopic (exact) mass is 636 g/mol. The molecule has 0 aromatic carbocycles. The number of aliphatic hydroxyl groups excluding tert-OH is 3. The largest absolute Gasteiger partial charge is 0.467 e. The van der Waals surface area contributed by atoms with E-state index in [9.17, 15) is 30.4 Å². The van der Waals surface area contributed by atoms with Crippen molar-refractivity contribution in [1.82, 2.24) is 21.0 Å². The molecule has 2 unspecified atom stereocenters. The van der Waals surface area contributed by atoms with Gasteiger partial charge in [-0.1, -0.05) is 0 Å². The Morgan fingerprint density at radius 2 is 1.86 bits per heavy atom. The molecule has 0 bridgehead atoms. The fourth-order valence-corrected chi connectivity index (χ4v) is 5.63. The lowest BCUT2D eigenvalue weighted by molar-refractivity contribution is -0.304. The van der Waals surface area contributed by atoms with Crippen LogP contribution in [0.5, 0.6) is 0 Å². The minimum absolute atomic E-state index is 0.00187. The minimum Gasteiger partial charge on any atom is -0.467 e.